The van der Waals surface area contributed by atoms with Gasteiger partial charge in [-0.05, 0) is 194 Å². The number of halogens is 1. The molecule has 0 fully saturated rings. The van der Waals surface area contributed by atoms with Crippen molar-refractivity contribution in [3.63, 3.8) is 0 Å². The van der Waals surface area contributed by atoms with Crippen LogP contribution in [0.3, 0.4) is 0 Å². The predicted molar refractivity (Wildman–Crippen MR) is 412 cm³/mol. The van der Waals surface area contributed by atoms with Crippen molar-refractivity contribution in [1.29, 1.82) is 21.0 Å². The molecular formula is C86H124BrN12O4+3. The minimum absolute atomic E-state index is 0. The minimum Gasteiger partial charge on any atom is -1.00 e. The molecule has 4 aromatic carbocycles. The lowest BCUT2D eigenvalue weighted by atomic mass is 10.0. The molecule has 103 heavy (non-hydrogen) atoms. The number of rotatable bonds is 12. The number of fused-ring (bicyclic) bond motifs is 4. The lowest BCUT2D eigenvalue weighted by Gasteiger charge is -2.39. The van der Waals surface area contributed by atoms with Gasteiger partial charge in [0.05, 0.1) is 125 Å². The maximum Gasteiger partial charge on any atom is 0.331 e. The van der Waals surface area contributed by atoms with Crippen molar-refractivity contribution in [3.8, 4) is 24.3 Å². The Morgan fingerprint density at radius 1 is 0.301 bits per heavy atom. The van der Waals surface area contributed by atoms with Crippen molar-refractivity contribution in [2.45, 2.75) is 248 Å². The molecule has 556 valence electrons. The lowest BCUT2D eigenvalue weighted by molar-refractivity contribution is -0.939. The first-order valence-corrected chi connectivity index (χ1v) is 39.5. The van der Waals surface area contributed by atoms with Crippen LogP contribution in [0, 0.1) is 59.2 Å². The Morgan fingerprint density at radius 3 is 0.709 bits per heavy atom. The molecule has 17 heteroatoms. The molecule has 2 aliphatic heterocycles. The molecule has 4 bridgehead atoms. The van der Waals surface area contributed by atoms with E-state index in [2.05, 4.69) is 88.4 Å². The van der Waals surface area contributed by atoms with Gasteiger partial charge in [0.2, 0.25) is 0 Å². The Balaban J connectivity index is 0.000000320. The summed E-state index contributed by atoms with van der Waals surface area (Å²) in [4.78, 5) is 53.1. The van der Waals surface area contributed by atoms with Crippen molar-refractivity contribution in [2.24, 2.45) is 0 Å². The Kier molecular flexibility index (Phi) is 36.4. The number of aryl methyl sites for hydroxylation is 2. The summed E-state index contributed by atoms with van der Waals surface area (Å²) in [5.41, 5.74) is 8.33. The third-order valence-electron chi connectivity index (χ3n) is 23.3. The Hall–Kier alpha value is -7.48. The normalized spacial score (nSPS) is 21.8. The Labute approximate surface area is 628 Å². The van der Waals surface area contributed by atoms with Crippen LogP contribution in [0.25, 0.3) is 0 Å². The van der Waals surface area contributed by atoms with Gasteiger partial charge in [-0.25, -0.2) is 9.59 Å². The van der Waals surface area contributed by atoms with Gasteiger partial charge in [0.25, 0.3) is 11.1 Å². The first-order valence-electron chi connectivity index (χ1n) is 39.5. The third-order valence-corrected chi connectivity index (χ3v) is 23.3. The standard InChI is InChI=1S/2C43H62N6O2.BrH/c2*1-4-48(35-40-24-14-12-22-38(40)33-44)28-18-8-6-7-9-19-29-49(5-2,36-41-25-15-13-23-39(41)34-45)31-21-11-17-27-47-42(50)32-37(3)46(43(47)51)26-16-10-20-30-48;/h2*12-15,22-25,32H,4-11,16-21,26-31,35-36H2,1-3H3;1H/q2*+2;/p-1. The van der Waals surface area contributed by atoms with E-state index in [0.717, 1.165) is 256 Å². The topological polar surface area (TPSA) is 183 Å². The van der Waals surface area contributed by atoms with Crippen LogP contribution in [0.15, 0.2) is 128 Å². The zero-order chi connectivity index (χ0) is 73.1. The minimum atomic E-state index is -0.200. The molecule has 0 amide bonds. The average Bonchev–Trinajstić information content (AvgIpc) is 0.896. The van der Waals surface area contributed by atoms with Crippen LogP contribution in [0.5, 0.6) is 0 Å². The summed E-state index contributed by atoms with van der Waals surface area (Å²) in [5, 5.41) is 39.3. The van der Waals surface area contributed by atoms with Crippen LogP contribution in [0.1, 0.15) is 238 Å². The third kappa shape index (κ3) is 25.4. The molecule has 0 N–H and O–H groups in total. The first-order chi connectivity index (χ1) is 49.6. The van der Waals surface area contributed by atoms with E-state index in [1.54, 1.807) is 21.3 Å². The van der Waals surface area contributed by atoms with Gasteiger partial charge in [0, 0.05) is 72.0 Å². The van der Waals surface area contributed by atoms with Crippen molar-refractivity contribution in [1.82, 2.24) is 18.3 Å². The molecule has 6 aromatic rings. The molecule has 4 heterocycles. The molecule has 4 atom stereocenters. The first kappa shape index (κ1) is 84.5. The predicted octanol–water partition coefficient (Wildman–Crippen LogP) is 12.7. The largest absolute Gasteiger partial charge is 1.00 e. The fraction of sp³-hybridized carbons (Fsp3) is 0.581. The van der Waals surface area contributed by atoms with Crippen LogP contribution >= 0.6 is 0 Å². The Morgan fingerprint density at radius 2 is 0.495 bits per heavy atom. The van der Waals surface area contributed by atoms with E-state index < -0.39 is 0 Å². The molecule has 2 aliphatic rings. The summed E-state index contributed by atoms with van der Waals surface area (Å²) in [6, 6.07) is 45.1. The van der Waals surface area contributed by atoms with Gasteiger partial charge in [-0.2, -0.15) is 21.0 Å². The second-order valence-corrected chi connectivity index (χ2v) is 30.0. The molecule has 0 saturated carbocycles. The quantitative estimate of drug-likeness (QED) is 0.108. The van der Waals surface area contributed by atoms with E-state index >= 15 is 0 Å². The van der Waals surface area contributed by atoms with Crippen LogP contribution in [0.4, 0.5) is 0 Å². The molecule has 0 radical (unpaired) electrons. The van der Waals surface area contributed by atoms with Crippen LogP contribution < -0.4 is 39.5 Å². The van der Waals surface area contributed by atoms with Gasteiger partial charge in [0.1, 0.15) is 26.2 Å². The van der Waals surface area contributed by atoms with E-state index in [-0.39, 0.29) is 39.5 Å². The van der Waals surface area contributed by atoms with Gasteiger partial charge < -0.3 is 34.9 Å². The maximum atomic E-state index is 13.6. The molecule has 0 spiro atoms. The van der Waals surface area contributed by atoms with Crippen molar-refractivity contribution in [3.05, 3.63) is 207 Å². The molecule has 8 rings (SSSR count). The highest BCUT2D eigenvalue weighted by atomic mass is 79.9. The Bertz CT molecular complexity index is 3760. The van der Waals surface area contributed by atoms with E-state index in [1.165, 1.54) is 86.2 Å². The molecule has 0 saturated heterocycles. The number of nitrogens with zero attached hydrogens (tertiary/aromatic N) is 12. The number of nitriles is 4. The summed E-state index contributed by atoms with van der Waals surface area (Å²) in [6.07, 6.45) is 26.0. The number of quaternary nitrogens is 4. The van der Waals surface area contributed by atoms with E-state index in [4.69, 9.17) is 0 Å². The molecule has 0 aliphatic carbocycles. The SMILES string of the molecule is CC[N+]1(Cc2ccccc2C#N)CCCCCCCC[N+](CC)(Cc2ccccc2C#N)CCCCCn2c(=O)cc(C)n(c2=O)CCCCC1.CC[N+]1(Cc2ccccc2C#N)CCCCCCCC[N+](CC)(Cc2ccccc2C#N)CCCCCn2c(=O)cc(C)n(c2=O)CCCCC1.[Br-]. The van der Waals surface area contributed by atoms with Crippen molar-refractivity contribution < 1.29 is 34.9 Å². The number of aromatic nitrogens is 4. The van der Waals surface area contributed by atoms with E-state index in [9.17, 15) is 40.2 Å². The second kappa shape index (κ2) is 44.4. The summed E-state index contributed by atoms with van der Waals surface area (Å²) in [7, 11) is 0. The van der Waals surface area contributed by atoms with Gasteiger partial charge in [-0.1, -0.05) is 98.5 Å². The average molecular weight is 1470 g/mol. The highest BCUT2D eigenvalue weighted by molar-refractivity contribution is 5.39. The molecule has 4 unspecified atom stereocenters. The highest BCUT2D eigenvalue weighted by Crippen LogP contribution is 2.27. The smallest absolute Gasteiger partial charge is 0.331 e. The van der Waals surface area contributed by atoms with E-state index in [0.29, 0.717) is 26.2 Å². The van der Waals surface area contributed by atoms with Gasteiger partial charge in [0.15, 0.2) is 0 Å². The lowest BCUT2D eigenvalue weighted by Crippen LogP contribution is -3.00. The molecule has 16 nitrogen and oxygen atoms in total. The van der Waals surface area contributed by atoms with Crippen molar-refractivity contribution >= 4 is 0 Å². The maximum absolute atomic E-state index is 13.6. The fourth-order valence-corrected chi connectivity index (χ4v) is 16.5. The summed E-state index contributed by atoms with van der Waals surface area (Å²) < 4.78 is 10.3. The number of benzene rings is 4. The molecule has 2 aromatic heterocycles. The molecular weight excluding hydrogens is 1340 g/mol. The van der Waals surface area contributed by atoms with Crippen LogP contribution in [-0.2, 0) is 52.4 Å². The summed E-state index contributed by atoms with van der Waals surface area (Å²) in [6.45, 7) is 31.1. The van der Waals surface area contributed by atoms with Gasteiger partial charge >= 0.3 is 11.4 Å². The zero-order valence-electron chi connectivity index (χ0n) is 63.9. The fourth-order valence-electron chi connectivity index (χ4n) is 16.5. The van der Waals surface area contributed by atoms with Gasteiger partial charge in [-0.3, -0.25) is 27.9 Å². The highest BCUT2D eigenvalue weighted by Gasteiger charge is 2.31. The van der Waals surface area contributed by atoms with Gasteiger partial charge in [-0.15, -0.1) is 0 Å². The number of hydrogen-bond donors (Lipinski definition) is 0. The number of hydrogen-bond acceptors (Lipinski definition) is 8. The summed E-state index contributed by atoms with van der Waals surface area (Å²) >= 11 is 0. The van der Waals surface area contributed by atoms with Crippen molar-refractivity contribution in [2.75, 3.05) is 78.5 Å². The summed E-state index contributed by atoms with van der Waals surface area (Å²) in [5.74, 6) is 0. The second-order valence-electron chi connectivity index (χ2n) is 30.0. The van der Waals surface area contributed by atoms with Crippen LogP contribution in [0.2, 0.25) is 0 Å². The van der Waals surface area contributed by atoms with Crippen LogP contribution in [-0.4, -0.2) is 115 Å². The van der Waals surface area contributed by atoms with E-state index in [1.807, 2.05) is 74.5 Å². The zero-order valence-corrected chi connectivity index (χ0v) is 65.5. The monoisotopic (exact) mass is 1470 g/mol.